The third-order valence-corrected chi connectivity index (χ3v) is 14.6. The normalized spacial score (nSPS) is 23.7. The molecule has 2 aliphatic rings. The second kappa shape index (κ2) is 9.45. The Labute approximate surface area is 240 Å². The van der Waals surface area contributed by atoms with Crippen molar-refractivity contribution >= 4 is 19.2 Å². The van der Waals surface area contributed by atoms with E-state index >= 15 is 0 Å². The highest BCUT2D eigenvalue weighted by Crippen LogP contribution is 2.56. The highest BCUT2D eigenvalue weighted by molar-refractivity contribution is 6.92. The van der Waals surface area contributed by atoms with Gasteiger partial charge in [0.15, 0.2) is 0 Å². The third-order valence-electron chi connectivity index (χ3n) is 9.85. The molecule has 0 saturated heterocycles. The Balaban J connectivity index is 1.67. The first-order chi connectivity index (χ1) is 19.6. The fourth-order valence-electron chi connectivity index (χ4n) is 7.27. The van der Waals surface area contributed by atoms with Crippen LogP contribution >= 0.6 is 0 Å². The molecule has 210 valence electrons. The number of allylic oxidation sites excluding steroid dienone is 2. The zero-order valence-electron chi connectivity index (χ0n) is 24.1. The van der Waals surface area contributed by atoms with Crippen molar-refractivity contribution in [3.8, 4) is 5.69 Å². The van der Waals surface area contributed by atoms with Crippen LogP contribution in [0, 0.1) is 0 Å². The molecular weight excluding hydrogens is 530 g/mol. The van der Waals surface area contributed by atoms with Gasteiger partial charge >= 0.3 is 17.3 Å². The predicted octanol–water partition coefficient (Wildman–Crippen LogP) is 4.45. The van der Waals surface area contributed by atoms with Crippen LogP contribution in [-0.4, -0.2) is 35.1 Å². The number of benzene rings is 3. The lowest BCUT2D eigenvalue weighted by Crippen LogP contribution is -2.67. The lowest BCUT2D eigenvalue weighted by atomic mass is 9.76. The summed E-state index contributed by atoms with van der Waals surface area (Å²) in [6.45, 7) is 8.59. The molecule has 4 aromatic rings. The SMILES string of the molecule is COC(=O)C1(c2ccccc2)CC2=C(C1)[C@](C)([Si](C)(C)c1ccccc1)n1c(=O)n(-c3ccccc3)c(=O)n1[C@H]2C. The third kappa shape index (κ3) is 3.59. The molecular formula is C33H35N3O4Si. The maximum Gasteiger partial charge on any atom is 0.352 e. The number of ether oxygens (including phenoxy) is 1. The van der Waals surface area contributed by atoms with Crippen LogP contribution in [0.15, 0.2) is 112 Å². The van der Waals surface area contributed by atoms with Crippen molar-refractivity contribution < 1.29 is 9.53 Å². The van der Waals surface area contributed by atoms with Crippen molar-refractivity contribution in [3.63, 3.8) is 0 Å². The summed E-state index contributed by atoms with van der Waals surface area (Å²) in [6.07, 6.45) is 0.840. The largest absolute Gasteiger partial charge is 0.468 e. The molecule has 8 heteroatoms. The second-order valence-electron chi connectivity index (χ2n) is 11.9. The number of aromatic nitrogens is 3. The van der Waals surface area contributed by atoms with E-state index in [-0.39, 0.29) is 17.3 Å². The summed E-state index contributed by atoms with van der Waals surface area (Å²) in [5.41, 5.74) is 1.84. The summed E-state index contributed by atoms with van der Waals surface area (Å²) in [6, 6.07) is 28.7. The minimum Gasteiger partial charge on any atom is -0.468 e. The van der Waals surface area contributed by atoms with Crippen LogP contribution in [0.3, 0.4) is 0 Å². The molecule has 0 fully saturated rings. The van der Waals surface area contributed by atoms with Gasteiger partial charge in [-0.1, -0.05) is 97.1 Å². The summed E-state index contributed by atoms with van der Waals surface area (Å²) in [5, 5.41) is 0.314. The molecule has 41 heavy (non-hydrogen) atoms. The van der Waals surface area contributed by atoms with Gasteiger partial charge in [0.2, 0.25) is 0 Å². The fraction of sp³-hybridized carbons (Fsp3) is 0.303. The molecule has 1 unspecified atom stereocenters. The van der Waals surface area contributed by atoms with Crippen LogP contribution in [0.2, 0.25) is 13.1 Å². The van der Waals surface area contributed by atoms with Gasteiger partial charge in [-0.25, -0.2) is 23.5 Å². The van der Waals surface area contributed by atoms with E-state index < -0.39 is 24.7 Å². The molecule has 7 nitrogen and oxygen atoms in total. The van der Waals surface area contributed by atoms with E-state index in [1.54, 1.807) is 21.5 Å². The fourth-order valence-corrected chi connectivity index (χ4v) is 10.6. The van der Waals surface area contributed by atoms with Crippen LogP contribution in [0.1, 0.15) is 38.3 Å². The quantitative estimate of drug-likeness (QED) is 0.204. The molecule has 0 saturated carbocycles. The molecule has 3 atom stereocenters. The molecule has 6 rings (SSSR count). The number of carbonyl (C=O) groups excluding carboxylic acids is 1. The van der Waals surface area contributed by atoms with E-state index in [1.807, 2.05) is 73.7 Å². The zero-order chi connectivity index (χ0) is 29.2. The molecule has 1 aliphatic heterocycles. The Kier molecular flexibility index (Phi) is 6.22. The topological polar surface area (TPSA) is 75.2 Å². The summed E-state index contributed by atoms with van der Waals surface area (Å²) in [4.78, 5) is 42.4. The molecule has 0 radical (unpaired) electrons. The van der Waals surface area contributed by atoms with Crippen molar-refractivity contribution in [2.45, 2.75) is 56.4 Å². The van der Waals surface area contributed by atoms with Gasteiger partial charge in [0.1, 0.15) is 13.5 Å². The minimum atomic E-state index is -2.64. The van der Waals surface area contributed by atoms with Gasteiger partial charge in [-0.2, -0.15) is 0 Å². The maximum absolute atomic E-state index is 14.5. The van der Waals surface area contributed by atoms with Gasteiger partial charge in [0.05, 0.1) is 24.0 Å². The molecule has 0 amide bonds. The molecule has 0 N–H and O–H groups in total. The molecule has 0 spiro atoms. The number of hydrogen-bond donors (Lipinski definition) is 0. The Bertz CT molecular complexity index is 1790. The van der Waals surface area contributed by atoms with E-state index in [1.165, 1.54) is 11.7 Å². The lowest BCUT2D eigenvalue weighted by molar-refractivity contribution is -0.147. The van der Waals surface area contributed by atoms with Crippen LogP contribution in [0.4, 0.5) is 0 Å². The van der Waals surface area contributed by atoms with Crippen molar-refractivity contribution in [3.05, 3.63) is 129 Å². The van der Waals surface area contributed by atoms with Crippen molar-refractivity contribution in [2.75, 3.05) is 7.11 Å². The number of esters is 1. The van der Waals surface area contributed by atoms with Crippen molar-refractivity contribution in [1.29, 1.82) is 0 Å². The van der Waals surface area contributed by atoms with Gasteiger partial charge in [0, 0.05) is 0 Å². The van der Waals surface area contributed by atoms with E-state index in [4.69, 9.17) is 4.74 Å². The zero-order valence-corrected chi connectivity index (χ0v) is 25.1. The van der Waals surface area contributed by atoms with E-state index in [2.05, 4.69) is 32.2 Å². The first-order valence-corrected chi connectivity index (χ1v) is 17.0. The highest BCUT2D eigenvalue weighted by atomic mass is 28.3. The smallest absolute Gasteiger partial charge is 0.352 e. The first kappa shape index (κ1) is 27.0. The number of carbonyl (C=O) groups is 1. The van der Waals surface area contributed by atoms with Crippen LogP contribution in [0.25, 0.3) is 5.69 Å². The van der Waals surface area contributed by atoms with Crippen LogP contribution in [-0.2, 0) is 20.1 Å². The average molecular weight is 566 g/mol. The van der Waals surface area contributed by atoms with E-state index in [0.29, 0.717) is 18.5 Å². The van der Waals surface area contributed by atoms with Gasteiger partial charge in [-0.3, -0.25) is 4.79 Å². The van der Waals surface area contributed by atoms with E-state index in [9.17, 15) is 14.4 Å². The van der Waals surface area contributed by atoms with Gasteiger partial charge in [-0.15, -0.1) is 0 Å². The standard InChI is InChI=1S/C33H35N3O4Si/c1-23-27-21-33(29(37)40-3,24-15-9-6-10-16-24)22-28(27)32(2,41(4,5)26-19-13-8-14-20-26)36-31(39)34(30(38)35(23)36)25-17-11-7-12-18-25/h6-20,23H,21-22H2,1-5H3/t23-,32-,33?/m0/s1. The van der Waals surface area contributed by atoms with Gasteiger partial charge in [0.25, 0.3) is 0 Å². The van der Waals surface area contributed by atoms with Gasteiger partial charge in [-0.05, 0) is 55.5 Å². The first-order valence-electron chi connectivity index (χ1n) is 14.0. The van der Waals surface area contributed by atoms with Crippen LogP contribution < -0.4 is 16.6 Å². The van der Waals surface area contributed by atoms with Crippen molar-refractivity contribution in [1.82, 2.24) is 13.9 Å². The maximum atomic E-state index is 14.5. The second-order valence-corrected chi connectivity index (χ2v) is 16.7. The van der Waals surface area contributed by atoms with Crippen molar-refractivity contribution in [2.24, 2.45) is 0 Å². The average Bonchev–Trinajstić information content (AvgIpc) is 3.54. The summed E-state index contributed by atoms with van der Waals surface area (Å²) in [5.74, 6) is -0.300. The summed E-state index contributed by atoms with van der Waals surface area (Å²) in [7, 11) is -1.21. The Hall–Kier alpha value is -4.17. The number of hydrogen-bond acceptors (Lipinski definition) is 4. The summed E-state index contributed by atoms with van der Waals surface area (Å²) < 4.78 is 10.1. The molecule has 1 aromatic heterocycles. The molecule has 0 bridgehead atoms. The Morgan fingerprint density at radius 2 is 1.41 bits per heavy atom. The Morgan fingerprint density at radius 3 is 2.00 bits per heavy atom. The molecule has 2 heterocycles. The monoisotopic (exact) mass is 565 g/mol. The molecule has 3 aromatic carbocycles. The number of para-hydroxylation sites is 1. The molecule has 1 aliphatic carbocycles. The minimum absolute atomic E-state index is 0.300. The summed E-state index contributed by atoms with van der Waals surface area (Å²) >= 11 is 0. The number of rotatable bonds is 5. The Morgan fingerprint density at radius 1 is 0.854 bits per heavy atom. The number of methoxy groups -OCH3 is 1. The number of nitrogens with zero attached hydrogens (tertiary/aromatic N) is 3. The van der Waals surface area contributed by atoms with Gasteiger partial charge < -0.3 is 4.74 Å². The predicted molar refractivity (Wildman–Crippen MR) is 163 cm³/mol. The lowest BCUT2D eigenvalue weighted by Gasteiger charge is -2.49. The van der Waals surface area contributed by atoms with E-state index in [0.717, 1.165) is 21.9 Å². The highest BCUT2D eigenvalue weighted by Gasteiger charge is 2.61. The van der Waals surface area contributed by atoms with Crippen LogP contribution in [0.5, 0.6) is 0 Å². The number of fused-ring (bicyclic) bond motifs is 1.